The molecule has 242 valence electrons. The van der Waals surface area contributed by atoms with Gasteiger partial charge in [0.2, 0.25) is 0 Å². The normalized spacial score (nSPS) is 11.7. The van der Waals surface area contributed by atoms with Gasteiger partial charge >= 0.3 is 0 Å². The van der Waals surface area contributed by atoms with Crippen molar-refractivity contribution in [1.29, 1.82) is 0 Å². The summed E-state index contributed by atoms with van der Waals surface area (Å²) in [5.41, 5.74) is 5.36. The Morgan fingerprint density at radius 3 is 0.979 bits per heavy atom. The standard InChI is InChI=1S/C38H28Cl2S8/c1-5-21-17-31(45-37(21)29-13-9-25(43-29)23-7-11-27(41-23)35-19(3)15-33(39)47-35)32-18-22(6-2)38(46-32)30-14-10-26(44-30)24-8-12-28(42-24)36-20(4)16-34(40)48-36/h7-18H,5-6H2,1-4H3. The van der Waals surface area contributed by atoms with Crippen molar-refractivity contribution in [2.24, 2.45) is 0 Å². The van der Waals surface area contributed by atoms with Crippen LogP contribution in [-0.2, 0) is 12.8 Å². The van der Waals surface area contributed by atoms with Gasteiger partial charge in [0, 0.05) is 68.3 Å². The molecular weight excluding hydrogens is 784 g/mol. The lowest BCUT2D eigenvalue weighted by atomic mass is 10.1. The number of hydrogen-bond acceptors (Lipinski definition) is 8. The van der Waals surface area contributed by atoms with Crippen LogP contribution in [0.25, 0.3) is 68.3 Å². The van der Waals surface area contributed by atoms with Crippen molar-refractivity contribution in [2.45, 2.75) is 40.5 Å². The Morgan fingerprint density at radius 1 is 0.375 bits per heavy atom. The molecule has 48 heavy (non-hydrogen) atoms. The van der Waals surface area contributed by atoms with E-state index in [-0.39, 0.29) is 0 Å². The number of aryl methyl sites for hydroxylation is 4. The van der Waals surface area contributed by atoms with Gasteiger partial charge < -0.3 is 0 Å². The highest BCUT2D eigenvalue weighted by molar-refractivity contribution is 7.32. The van der Waals surface area contributed by atoms with Gasteiger partial charge in [0.25, 0.3) is 0 Å². The number of halogens is 2. The molecule has 0 aliphatic rings. The largest absolute Gasteiger partial charge is 0.134 e. The van der Waals surface area contributed by atoms with Crippen LogP contribution in [-0.4, -0.2) is 0 Å². The minimum absolute atomic E-state index is 0.851. The molecule has 0 amide bonds. The highest BCUT2D eigenvalue weighted by Crippen LogP contribution is 2.50. The van der Waals surface area contributed by atoms with Gasteiger partial charge in [0.1, 0.15) is 0 Å². The maximum atomic E-state index is 6.31. The fourth-order valence-corrected chi connectivity index (χ4v) is 15.8. The van der Waals surface area contributed by atoms with E-state index in [0.717, 1.165) is 21.5 Å². The van der Waals surface area contributed by atoms with E-state index >= 15 is 0 Å². The molecule has 0 aromatic carbocycles. The monoisotopic (exact) mass is 810 g/mol. The van der Waals surface area contributed by atoms with Crippen LogP contribution in [0.15, 0.2) is 72.8 Å². The Bertz CT molecular complexity index is 2220. The predicted molar refractivity (Wildman–Crippen MR) is 226 cm³/mol. The zero-order valence-electron chi connectivity index (χ0n) is 26.4. The molecule has 8 rings (SSSR count). The number of rotatable bonds is 9. The van der Waals surface area contributed by atoms with Gasteiger partial charge in [0.05, 0.1) is 8.67 Å². The third-order valence-corrected chi connectivity index (χ3v) is 18.9. The van der Waals surface area contributed by atoms with Gasteiger partial charge in [-0.25, -0.2) is 0 Å². The summed E-state index contributed by atoms with van der Waals surface area (Å²) in [6, 6.07) is 27.2. The molecule has 8 aromatic heterocycles. The number of hydrogen-bond donors (Lipinski definition) is 0. The molecule has 8 heterocycles. The van der Waals surface area contributed by atoms with E-state index in [0.29, 0.717) is 0 Å². The van der Waals surface area contributed by atoms with E-state index in [1.54, 1.807) is 22.7 Å². The van der Waals surface area contributed by atoms with E-state index in [9.17, 15) is 0 Å². The summed E-state index contributed by atoms with van der Waals surface area (Å²) in [5.74, 6) is 0. The van der Waals surface area contributed by atoms with Crippen LogP contribution in [0.2, 0.25) is 8.67 Å². The van der Waals surface area contributed by atoms with Gasteiger partial charge in [-0.05, 0) is 122 Å². The van der Waals surface area contributed by atoms with Crippen LogP contribution in [0.4, 0.5) is 0 Å². The van der Waals surface area contributed by atoms with E-state index in [2.05, 4.69) is 100 Å². The van der Waals surface area contributed by atoms with Crippen LogP contribution in [0.1, 0.15) is 36.1 Å². The van der Waals surface area contributed by atoms with Crippen molar-refractivity contribution >= 4 is 114 Å². The van der Waals surface area contributed by atoms with Crippen molar-refractivity contribution in [3.05, 3.63) is 104 Å². The van der Waals surface area contributed by atoms with Crippen LogP contribution >= 0.6 is 114 Å². The van der Waals surface area contributed by atoms with Crippen molar-refractivity contribution < 1.29 is 0 Å². The van der Waals surface area contributed by atoms with Crippen molar-refractivity contribution in [2.75, 3.05) is 0 Å². The first kappa shape index (κ1) is 33.3. The average Bonchev–Trinajstić information content (AvgIpc) is 3.90. The van der Waals surface area contributed by atoms with Crippen LogP contribution in [0.3, 0.4) is 0 Å². The summed E-state index contributed by atoms with van der Waals surface area (Å²) in [6.07, 6.45) is 2.04. The molecule has 0 saturated heterocycles. The lowest BCUT2D eigenvalue weighted by molar-refractivity contribution is 1.16. The fraction of sp³-hybridized carbons (Fsp3) is 0.158. The molecule has 0 radical (unpaired) electrons. The third kappa shape index (κ3) is 6.32. The highest BCUT2D eigenvalue weighted by Gasteiger charge is 2.20. The molecule has 0 aliphatic carbocycles. The molecule has 0 spiro atoms. The van der Waals surface area contributed by atoms with Gasteiger partial charge in [-0.1, -0.05) is 37.0 Å². The zero-order valence-corrected chi connectivity index (χ0v) is 34.4. The first-order chi connectivity index (χ1) is 23.3. The minimum Gasteiger partial charge on any atom is -0.134 e. The second kappa shape index (κ2) is 13.7. The van der Waals surface area contributed by atoms with Crippen LogP contribution in [0, 0.1) is 13.8 Å². The van der Waals surface area contributed by atoms with Gasteiger partial charge in [-0.2, -0.15) is 0 Å². The minimum atomic E-state index is 0.851. The second-order valence-corrected chi connectivity index (χ2v) is 21.2. The Kier molecular flexibility index (Phi) is 9.53. The smallest absolute Gasteiger partial charge is 0.0937 e. The molecule has 0 aliphatic heterocycles. The van der Waals surface area contributed by atoms with E-state index < -0.39 is 0 Å². The molecule has 10 heteroatoms. The fourth-order valence-electron chi connectivity index (χ4n) is 5.79. The molecule has 0 nitrogen and oxygen atoms in total. The van der Waals surface area contributed by atoms with E-state index in [1.807, 2.05) is 68.0 Å². The Hall–Kier alpha value is -1.82. The molecule has 0 saturated carbocycles. The SMILES string of the molecule is CCc1cc(-c2cc(CC)c(-c3ccc(-c4ccc(-c5sc(Cl)cc5C)s4)s3)s2)sc1-c1ccc(-c2ccc(-c3sc(Cl)cc3C)s2)s1. The predicted octanol–water partition coefficient (Wildman–Crippen LogP) is 16.9. The first-order valence-corrected chi connectivity index (χ1v) is 22.8. The summed E-state index contributed by atoms with van der Waals surface area (Å²) in [6.45, 7) is 8.84. The van der Waals surface area contributed by atoms with Gasteiger partial charge in [-0.15, -0.1) is 90.7 Å². The number of thiophene rings is 8. The van der Waals surface area contributed by atoms with Gasteiger partial charge in [-0.3, -0.25) is 0 Å². The van der Waals surface area contributed by atoms with Crippen molar-refractivity contribution in [3.63, 3.8) is 0 Å². The third-order valence-electron chi connectivity index (χ3n) is 8.20. The Balaban J connectivity index is 1.06. The lowest BCUT2D eigenvalue weighted by Gasteiger charge is -1.97. The molecular formula is C38H28Cl2S8. The van der Waals surface area contributed by atoms with Crippen LogP contribution < -0.4 is 0 Å². The van der Waals surface area contributed by atoms with Gasteiger partial charge in [0.15, 0.2) is 0 Å². The quantitative estimate of drug-likeness (QED) is 0.136. The maximum absolute atomic E-state index is 6.31. The topological polar surface area (TPSA) is 0 Å². The van der Waals surface area contributed by atoms with E-state index in [1.165, 1.54) is 90.5 Å². The summed E-state index contributed by atoms with van der Waals surface area (Å²) in [4.78, 5) is 18.7. The molecule has 0 unspecified atom stereocenters. The highest BCUT2D eigenvalue weighted by atomic mass is 35.5. The lowest BCUT2D eigenvalue weighted by Crippen LogP contribution is -1.76. The zero-order chi connectivity index (χ0) is 33.1. The molecule has 0 N–H and O–H groups in total. The Labute approximate surface area is 323 Å². The molecule has 0 bridgehead atoms. The molecule has 0 atom stereocenters. The summed E-state index contributed by atoms with van der Waals surface area (Å²) >= 11 is 27.4. The average molecular weight is 812 g/mol. The first-order valence-electron chi connectivity index (χ1n) is 15.5. The summed E-state index contributed by atoms with van der Waals surface area (Å²) < 4.78 is 1.70. The summed E-state index contributed by atoms with van der Waals surface area (Å²) in [7, 11) is 0. The van der Waals surface area contributed by atoms with Crippen molar-refractivity contribution in [3.8, 4) is 68.3 Å². The summed E-state index contributed by atoms with van der Waals surface area (Å²) in [5, 5.41) is 0. The van der Waals surface area contributed by atoms with Crippen molar-refractivity contribution in [1.82, 2.24) is 0 Å². The second-order valence-electron chi connectivity index (χ2n) is 11.4. The van der Waals surface area contributed by atoms with E-state index in [4.69, 9.17) is 23.2 Å². The van der Waals surface area contributed by atoms with Crippen LogP contribution in [0.5, 0.6) is 0 Å². The Morgan fingerprint density at radius 2 is 0.688 bits per heavy atom. The maximum Gasteiger partial charge on any atom is 0.0937 e. The molecule has 0 fully saturated rings. The molecule has 8 aromatic rings.